The molecule has 2 heterocycles. The van der Waals surface area contributed by atoms with E-state index in [0.717, 1.165) is 28.3 Å². The van der Waals surface area contributed by atoms with Gasteiger partial charge in [0.15, 0.2) is 5.82 Å². The SMILES string of the molecule is Cc1nnc(N(C)Cc2c(C)noc2C)c(C#N)c1C. The minimum absolute atomic E-state index is 0.562. The molecule has 0 spiro atoms. The zero-order valence-corrected chi connectivity index (χ0v) is 12.4. The van der Waals surface area contributed by atoms with E-state index < -0.39 is 0 Å². The van der Waals surface area contributed by atoms with E-state index in [1.165, 1.54) is 0 Å². The maximum atomic E-state index is 9.33. The van der Waals surface area contributed by atoms with Gasteiger partial charge in [0.05, 0.1) is 11.4 Å². The van der Waals surface area contributed by atoms with Crippen molar-refractivity contribution in [3.05, 3.63) is 33.8 Å². The van der Waals surface area contributed by atoms with Gasteiger partial charge in [-0.05, 0) is 33.3 Å². The third-order valence-electron chi connectivity index (χ3n) is 3.49. The van der Waals surface area contributed by atoms with Gasteiger partial charge in [-0.2, -0.15) is 10.4 Å². The van der Waals surface area contributed by atoms with Gasteiger partial charge in [-0.15, -0.1) is 5.10 Å². The highest BCUT2D eigenvalue weighted by molar-refractivity contribution is 5.57. The molecule has 0 radical (unpaired) electrons. The van der Waals surface area contributed by atoms with Crippen molar-refractivity contribution in [2.45, 2.75) is 34.2 Å². The Kier molecular flexibility index (Phi) is 3.70. The van der Waals surface area contributed by atoms with Crippen LogP contribution in [0.3, 0.4) is 0 Å². The Hall–Kier alpha value is -2.42. The molecular formula is C14H17N5O. The molecule has 6 heteroatoms. The Morgan fingerprint density at radius 2 is 1.85 bits per heavy atom. The van der Waals surface area contributed by atoms with Crippen LogP contribution in [-0.2, 0) is 6.54 Å². The fourth-order valence-electron chi connectivity index (χ4n) is 2.04. The largest absolute Gasteiger partial charge is 0.361 e. The maximum Gasteiger partial charge on any atom is 0.169 e. The van der Waals surface area contributed by atoms with Crippen molar-refractivity contribution in [1.29, 1.82) is 5.26 Å². The second-order valence-corrected chi connectivity index (χ2v) is 4.88. The Morgan fingerprint density at radius 3 is 2.40 bits per heavy atom. The molecule has 0 unspecified atom stereocenters. The molecule has 20 heavy (non-hydrogen) atoms. The lowest BCUT2D eigenvalue weighted by molar-refractivity contribution is 0.392. The fraction of sp³-hybridized carbons (Fsp3) is 0.429. The Labute approximate surface area is 118 Å². The summed E-state index contributed by atoms with van der Waals surface area (Å²) >= 11 is 0. The Morgan fingerprint density at radius 1 is 1.15 bits per heavy atom. The quantitative estimate of drug-likeness (QED) is 0.851. The minimum Gasteiger partial charge on any atom is -0.361 e. The third-order valence-corrected chi connectivity index (χ3v) is 3.49. The normalized spacial score (nSPS) is 10.4. The van der Waals surface area contributed by atoms with Crippen molar-refractivity contribution in [3.8, 4) is 6.07 Å². The smallest absolute Gasteiger partial charge is 0.169 e. The summed E-state index contributed by atoms with van der Waals surface area (Å²) in [6, 6.07) is 2.21. The maximum absolute atomic E-state index is 9.33. The van der Waals surface area contributed by atoms with Gasteiger partial charge in [-0.3, -0.25) is 0 Å². The lowest BCUT2D eigenvalue weighted by atomic mass is 10.1. The highest BCUT2D eigenvalue weighted by Gasteiger charge is 2.17. The zero-order chi connectivity index (χ0) is 14.9. The lowest BCUT2D eigenvalue weighted by Gasteiger charge is -2.19. The number of hydrogen-bond donors (Lipinski definition) is 0. The third kappa shape index (κ3) is 2.35. The number of nitriles is 1. The molecule has 104 valence electrons. The monoisotopic (exact) mass is 271 g/mol. The van der Waals surface area contributed by atoms with Gasteiger partial charge < -0.3 is 9.42 Å². The van der Waals surface area contributed by atoms with Crippen LogP contribution in [0.2, 0.25) is 0 Å². The molecule has 2 aromatic rings. The topological polar surface area (TPSA) is 78.8 Å². The van der Waals surface area contributed by atoms with Crippen LogP contribution < -0.4 is 4.90 Å². The molecule has 2 rings (SSSR count). The molecule has 0 saturated carbocycles. The van der Waals surface area contributed by atoms with Gasteiger partial charge in [0.25, 0.3) is 0 Å². The highest BCUT2D eigenvalue weighted by atomic mass is 16.5. The Bertz CT molecular complexity index is 664. The van der Waals surface area contributed by atoms with Gasteiger partial charge in [0, 0.05) is 19.2 Å². The first-order chi connectivity index (χ1) is 9.45. The molecule has 0 amide bonds. The van der Waals surface area contributed by atoms with Crippen molar-refractivity contribution < 1.29 is 4.52 Å². The second kappa shape index (κ2) is 5.29. The first kappa shape index (κ1) is 14.0. The van der Waals surface area contributed by atoms with Crippen LogP contribution in [0.4, 0.5) is 5.82 Å². The van der Waals surface area contributed by atoms with Crippen LogP contribution in [0, 0.1) is 39.0 Å². The molecule has 2 aromatic heterocycles. The molecule has 0 bridgehead atoms. The molecule has 0 aromatic carbocycles. The van der Waals surface area contributed by atoms with Gasteiger partial charge in [0.1, 0.15) is 17.4 Å². The first-order valence-electron chi connectivity index (χ1n) is 6.32. The van der Waals surface area contributed by atoms with Gasteiger partial charge in [0.2, 0.25) is 0 Å². The van der Waals surface area contributed by atoms with Crippen molar-refractivity contribution in [1.82, 2.24) is 15.4 Å². The summed E-state index contributed by atoms with van der Waals surface area (Å²) in [7, 11) is 1.88. The molecule has 0 aliphatic heterocycles. The minimum atomic E-state index is 0.562. The summed E-state index contributed by atoms with van der Waals surface area (Å²) in [4.78, 5) is 1.89. The molecule has 6 nitrogen and oxygen atoms in total. The molecule has 0 atom stereocenters. The molecule has 0 aliphatic carbocycles. The summed E-state index contributed by atoms with van der Waals surface area (Å²) in [5, 5.41) is 21.5. The molecule has 0 saturated heterocycles. The Balaban J connectivity index is 2.38. The average Bonchev–Trinajstić information content (AvgIpc) is 2.73. The highest BCUT2D eigenvalue weighted by Crippen LogP contribution is 2.23. The van der Waals surface area contributed by atoms with Crippen LogP contribution in [-0.4, -0.2) is 22.4 Å². The van der Waals surface area contributed by atoms with E-state index in [1.54, 1.807) is 0 Å². The van der Waals surface area contributed by atoms with E-state index in [2.05, 4.69) is 21.4 Å². The second-order valence-electron chi connectivity index (χ2n) is 4.88. The van der Waals surface area contributed by atoms with Crippen LogP contribution in [0.5, 0.6) is 0 Å². The van der Waals surface area contributed by atoms with E-state index in [1.807, 2.05) is 39.6 Å². The number of hydrogen-bond acceptors (Lipinski definition) is 6. The average molecular weight is 271 g/mol. The van der Waals surface area contributed by atoms with Crippen molar-refractivity contribution in [2.24, 2.45) is 0 Å². The number of nitrogens with zero attached hydrogens (tertiary/aromatic N) is 5. The van der Waals surface area contributed by atoms with Gasteiger partial charge >= 0.3 is 0 Å². The lowest BCUT2D eigenvalue weighted by Crippen LogP contribution is -2.21. The van der Waals surface area contributed by atoms with Crippen molar-refractivity contribution >= 4 is 5.82 Å². The van der Waals surface area contributed by atoms with Crippen molar-refractivity contribution in [3.63, 3.8) is 0 Å². The van der Waals surface area contributed by atoms with Crippen LogP contribution in [0.15, 0.2) is 4.52 Å². The molecular weight excluding hydrogens is 254 g/mol. The van der Waals surface area contributed by atoms with Crippen LogP contribution >= 0.6 is 0 Å². The number of anilines is 1. The van der Waals surface area contributed by atoms with Gasteiger partial charge in [-0.1, -0.05) is 5.16 Å². The number of aryl methyl sites for hydroxylation is 3. The fourth-order valence-corrected chi connectivity index (χ4v) is 2.04. The van der Waals surface area contributed by atoms with E-state index in [-0.39, 0.29) is 0 Å². The predicted molar refractivity (Wildman–Crippen MR) is 74.3 cm³/mol. The zero-order valence-electron chi connectivity index (χ0n) is 12.4. The van der Waals surface area contributed by atoms with Gasteiger partial charge in [-0.25, -0.2) is 0 Å². The van der Waals surface area contributed by atoms with E-state index in [4.69, 9.17) is 4.52 Å². The number of aromatic nitrogens is 3. The summed E-state index contributed by atoms with van der Waals surface area (Å²) in [6.07, 6.45) is 0. The predicted octanol–water partition coefficient (Wildman–Crippen LogP) is 2.21. The van der Waals surface area contributed by atoms with Crippen LogP contribution in [0.1, 0.15) is 33.8 Å². The van der Waals surface area contributed by atoms with E-state index >= 15 is 0 Å². The first-order valence-corrected chi connectivity index (χ1v) is 6.32. The standard InChI is InChI=1S/C14H17N5O/c1-8-9(2)16-17-14(12(8)6-15)19(5)7-13-10(3)18-20-11(13)4/h7H2,1-5H3. The molecule has 0 aliphatic rings. The molecule has 0 N–H and O–H groups in total. The van der Waals surface area contributed by atoms with E-state index in [0.29, 0.717) is 17.9 Å². The summed E-state index contributed by atoms with van der Waals surface area (Å²) < 4.78 is 5.15. The van der Waals surface area contributed by atoms with Crippen LogP contribution in [0.25, 0.3) is 0 Å². The molecule has 0 fully saturated rings. The summed E-state index contributed by atoms with van der Waals surface area (Å²) in [6.45, 7) is 8.08. The van der Waals surface area contributed by atoms with E-state index in [9.17, 15) is 5.26 Å². The number of rotatable bonds is 3. The van der Waals surface area contributed by atoms with Crippen molar-refractivity contribution in [2.75, 3.05) is 11.9 Å². The summed E-state index contributed by atoms with van der Waals surface area (Å²) in [5.41, 5.74) is 4.06. The summed E-state index contributed by atoms with van der Waals surface area (Å²) in [5.74, 6) is 1.36.